The molecule has 3 rings (SSSR count). The number of H-pyrrole nitrogens is 1. The Labute approximate surface area is 147 Å². The number of carbonyl (C=O) groups excluding carboxylic acids is 1. The zero-order valence-electron chi connectivity index (χ0n) is 14.8. The number of aromatic amines is 1. The predicted octanol–water partition coefficient (Wildman–Crippen LogP) is 2.73. The number of amides is 1. The van der Waals surface area contributed by atoms with Crippen molar-refractivity contribution in [3.63, 3.8) is 0 Å². The van der Waals surface area contributed by atoms with Crippen LogP contribution in [0.25, 0.3) is 11.0 Å². The molecule has 0 saturated carbocycles. The van der Waals surface area contributed by atoms with Gasteiger partial charge in [0, 0.05) is 36.9 Å². The van der Waals surface area contributed by atoms with Gasteiger partial charge in [-0.2, -0.15) is 0 Å². The van der Waals surface area contributed by atoms with E-state index < -0.39 is 0 Å². The molecule has 0 saturated heterocycles. The molecule has 0 spiro atoms. The maximum Gasteiger partial charge on any atom is 0.253 e. The molecule has 0 atom stereocenters. The van der Waals surface area contributed by atoms with Gasteiger partial charge >= 0.3 is 0 Å². The van der Waals surface area contributed by atoms with Crippen LogP contribution in [0, 0.1) is 0 Å². The number of hydrogen-bond donors (Lipinski definition) is 2. The normalized spacial score (nSPS) is 11.4. The molecule has 0 unspecified atom stereocenters. The molecule has 0 bridgehead atoms. The van der Waals surface area contributed by atoms with Gasteiger partial charge in [0.05, 0.1) is 5.56 Å². The number of nitrogens with zero attached hydrogens (tertiary/aromatic N) is 3. The van der Waals surface area contributed by atoms with E-state index in [1.807, 2.05) is 12.1 Å². The van der Waals surface area contributed by atoms with Gasteiger partial charge in [0.1, 0.15) is 12.0 Å². The Bertz CT molecular complexity index is 871. The molecule has 0 radical (unpaired) electrons. The summed E-state index contributed by atoms with van der Waals surface area (Å²) in [7, 11) is 2.10. The van der Waals surface area contributed by atoms with Crippen molar-refractivity contribution in [3.8, 4) is 0 Å². The van der Waals surface area contributed by atoms with E-state index in [0.717, 1.165) is 17.5 Å². The highest BCUT2D eigenvalue weighted by Gasteiger charge is 2.14. The van der Waals surface area contributed by atoms with Crippen LogP contribution in [0.3, 0.4) is 0 Å². The van der Waals surface area contributed by atoms with Crippen LogP contribution in [0.4, 0.5) is 0 Å². The van der Waals surface area contributed by atoms with E-state index in [-0.39, 0.29) is 5.91 Å². The zero-order chi connectivity index (χ0) is 17.8. The van der Waals surface area contributed by atoms with Crippen molar-refractivity contribution in [3.05, 3.63) is 59.7 Å². The summed E-state index contributed by atoms with van der Waals surface area (Å²) in [6.07, 6.45) is 4.79. The minimum atomic E-state index is -0.131. The summed E-state index contributed by atoms with van der Waals surface area (Å²) in [6.45, 7) is 5.68. The Kier molecular flexibility index (Phi) is 5.09. The Morgan fingerprint density at radius 2 is 2.04 bits per heavy atom. The number of carbonyl (C=O) groups is 1. The van der Waals surface area contributed by atoms with Crippen LogP contribution in [0.5, 0.6) is 0 Å². The topological polar surface area (TPSA) is 73.9 Å². The second-order valence-electron chi connectivity index (χ2n) is 6.45. The largest absolute Gasteiger partial charge is 0.348 e. The second-order valence-corrected chi connectivity index (χ2v) is 6.45. The average Bonchev–Trinajstić information content (AvgIpc) is 3.04. The van der Waals surface area contributed by atoms with E-state index in [4.69, 9.17) is 0 Å². The molecule has 6 nitrogen and oxygen atoms in total. The van der Waals surface area contributed by atoms with Crippen LogP contribution in [-0.4, -0.2) is 38.8 Å². The second kappa shape index (κ2) is 7.44. The number of hydrogen-bond acceptors (Lipinski definition) is 4. The van der Waals surface area contributed by atoms with Crippen LogP contribution in [-0.2, 0) is 13.1 Å². The van der Waals surface area contributed by atoms with Gasteiger partial charge in [-0.3, -0.25) is 9.69 Å². The number of nitrogens with one attached hydrogen (secondary N) is 2. The predicted molar refractivity (Wildman–Crippen MR) is 98.1 cm³/mol. The van der Waals surface area contributed by atoms with Crippen molar-refractivity contribution in [1.82, 2.24) is 25.2 Å². The van der Waals surface area contributed by atoms with Crippen LogP contribution < -0.4 is 5.32 Å². The van der Waals surface area contributed by atoms with Gasteiger partial charge < -0.3 is 10.3 Å². The summed E-state index contributed by atoms with van der Waals surface area (Å²) >= 11 is 0. The van der Waals surface area contributed by atoms with Gasteiger partial charge in [-0.25, -0.2) is 9.97 Å². The molecule has 0 aliphatic carbocycles. The summed E-state index contributed by atoms with van der Waals surface area (Å²) in [6, 6.07) is 8.67. The molecule has 1 aromatic carbocycles. The summed E-state index contributed by atoms with van der Waals surface area (Å²) in [5.41, 5.74) is 3.58. The number of rotatable bonds is 6. The first-order valence-corrected chi connectivity index (χ1v) is 8.38. The number of fused-ring (bicyclic) bond motifs is 1. The zero-order valence-corrected chi connectivity index (χ0v) is 14.8. The fourth-order valence-electron chi connectivity index (χ4n) is 2.65. The standard InChI is InChI=1S/C19H23N5O/c1-13(2)24(3)11-15-7-5-4-6-14(15)8-22-19(25)17-10-21-18-16(17)9-20-12-23-18/h4-7,9-10,12-13H,8,11H2,1-3H3,(H,22,25)(H,20,21,23). The lowest BCUT2D eigenvalue weighted by molar-refractivity contribution is 0.0952. The van der Waals surface area contributed by atoms with Gasteiger partial charge in [-0.15, -0.1) is 0 Å². The number of aromatic nitrogens is 3. The van der Waals surface area contributed by atoms with Crippen LogP contribution in [0.15, 0.2) is 43.0 Å². The summed E-state index contributed by atoms with van der Waals surface area (Å²) in [5, 5.41) is 3.73. The molecule has 0 aliphatic heterocycles. The molecular weight excluding hydrogens is 314 g/mol. The SMILES string of the molecule is CC(C)N(C)Cc1ccccc1CNC(=O)c1c[nH]c2ncncc12. The van der Waals surface area contributed by atoms with Crippen molar-refractivity contribution in [2.75, 3.05) is 7.05 Å². The highest BCUT2D eigenvalue weighted by Crippen LogP contribution is 2.16. The van der Waals surface area contributed by atoms with Crippen molar-refractivity contribution in [2.45, 2.75) is 33.0 Å². The molecule has 6 heteroatoms. The molecule has 0 fully saturated rings. The summed E-state index contributed by atoms with van der Waals surface area (Å²) in [5.74, 6) is -0.131. The number of benzene rings is 1. The smallest absolute Gasteiger partial charge is 0.253 e. The molecule has 3 aromatic rings. The van der Waals surface area contributed by atoms with E-state index >= 15 is 0 Å². The van der Waals surface area contributed by atoms with Gasteiger partial charge in [0.15, 0.2) is 0 Å². The Morgan fingerprint density at radius 1 is 1.28 bits per heavy atom. The minimum Gasteiger partial charge on any atom is -0.348 e. The van der Waals surface area contributed by atoms with E-state index in [9.17, 15) is 4.79 Å². The fourth-order valence-corrected chi connectivity index (χ4v) is 2.65. The molecule has 25 heavy (non-hydrogen) atoms. The first kappa shape index (κ1) is 17.1. The van der Waals surface area contributed by atoms with Crippen molar-refractivity contribution in [2.24, 2.45) is 0 Å². The van der Waals surface area contributed by atoms with Gasteiger partial charge in [0.25, 0.3) is 5.91 Å². The monoisotopic (exact) mass is 337 g/mol. The highest BCUT2D eigenvalue weighted by atomic mass is 16.1. The lowest BCUT2D eigenvalue weighted by atomic mass is 10.1. The summed E-state index contributed by atoms with van der Waals surface area (Å²) in [4.78, 5) is 25.9. The molecule has 1 amide bonds. The maximum absolute atomic E-state index is 12.5. The van der Waals surface area contributed by atoms with Crippen LogP contribution in [0.2, 0.25) is 0 Å². The van der Waals surface area contributed by atoms with Crippen LogP contribution in [0.1, 0.15) is 35.3 Å². The lowest BCUT2D eigenvalue weighted by Crippen LogP contribution is -2.27. The Morgan fingerprint density at radius 3 is 2.80 bits per heavy atom. The minimum absolute atomic E-state index is 0.131. The van der Waals surface area contributed by atoms with Gasteiger partial charge in [-0.05, 0) is 32.0 Å². The quantitative estimate of drug-likeness (QED) is 0.725. The van der Waals surface area contributed by atoms with E-state index in [1.165, 1.54) is 11.9 Å². The third-order valence-corrected chi connectivity index (χ3v) is 4.46. The van der Waals surface area contributed by atoms with Crippen molar-refractivity contribution < 1.29 is 4.79 Å². The molecule has 0 aliphatic rings. The van der Waals surface area contributed by atoms with Crippen molar-refractivity contribution >= 4 is 16.9 Å². The van der Waals surface area contributed by atoms with Crippen LogP contribution >= 0.6 is 0 Å². The third kappa shape index (κ3) is 3.85. The van der Waals surface area contributed by atoms with Crippen molar-refractivity contribution in [1.29, 1.82) is 0 Å². The van der Waals surface area contributed by atoms with E-state index in [0.29, 0.717) is 23.8 Å². The first-order valence-electron chi connectivity index (χ1n) is 8.38. The summed E-state index contributed by atoms with van der Waals surface area (Å²) < 4.78 is 0. The maximum atomic E-state index is 12.5. The molecule has 2 N–H and O–H groups in total. The lowest BCUT2D eigenvalue weighted by Gasteiger charge is -2.22. The molecular formula is C19H23N5O. The highest BCUT2D eigenvalue weighted by molar-refractivity contribution is 6.05. The Hall–Kier alpha value is -2.73. The fraction of sp³-hybridized carbons (Fsp3) is 0.316. The molecule has 130 valence electrons. The first-order chi connectivity index (χ1) is 12.1. The Balaban J connectivity index is 1.72. The molecule has 2 aromatic heterocycles. The van der Waals surface area contributed by atoms with E-state index in [2.05, 4.69) is 58.2 Å². The molecule has 2 heterocycles. The average molecular weight is 337 g/mol. The van der Waals surface area contributed by atoms with E-state index in [1.54, 1.807) is 12.4 Å². The third-order valence-electron chi connectivity index (χ3n) is 4.46. The van der Waals surface area contributed by atoms with Gasteiger partial charge in [0.2, 0.25) is 0 Å². The van der Waals surface area contributed by atoms with Gasteiger partial charge in [-0.1, -0.05) is 24.3 Å².